The molecular weight excluding hydrogens is 334 g/mol. The predicted molar refractivity (Wildman–Crippen MR) is 103 cm³/mol. The summed E-state index contributed by atoms with van der Waals surface area (Å²) in [7, 11) is 0. The number of aliphatic hydroxyl groups is 1. The Hall–Kier alpha value is -1.68. The van der Waals surface area contributed by atoms with Gasteiger partial charge in [0.15, 0.2) is 0 Å². The zero-order valence-corrected chi connectivity index (χ0v) is 15.7. The molecule has 25 heavy (non-hydrogen) atoms. The average Bonchev–Trinajstić information content (AvgIpc) is 2.62. The van der Waals surface area contributed by atoms with E-state index in [9.17, 15) is 9.90 Å². The Morgan fingerprint density at radius 2 is 1.60 bits per heavy atom. The maximum Gasteiger partial charge on any atom is 0.144 e. The number of carbonyl (C=O) groups excluding carboxylic acids is 1. The van der Waals surface area contributed by atoms with Crippen molar-refractivity contribution >= 4 is 17.4 Å². The lowest BCUT2D eigenvalue weighted by molar-refractivity contribution is -0.123. The summed E-state index contributed by atoms with van der Waals surface area (Å²) in [5, 5.41) is 14.5. The highest BCUT2D eigenvalue weighted by Crippen LogP contribution is 2.23. The van der Waals surface area contributed by atoms with E-state index in [-0.39, 0.29) is 23.7 Å². The zero-order valence-electron chi connectivity index (χ0n) is 14.9. The molecule has 3 nitrogen and oxygen atoms in total. The van der Waals surface area contributed by atoms with Crippen molar-refractivity contribution in [1.82, 2.24) is 5.32 Å². The Morgan fingerprint density at radius 1 is 1.00 bits per heavy atom. The molecule has 3 atom stereocenters. The van der Waals surface area contributed by atoms with Gasteiger partial charge < -0.3 is 10.4 Å². The van der Waals surface area contributed by atoms with Gasteiger partial charge in [-0.2, -0.15) is 0 Å². The van der Waals surface area contributed by atoms with Crippen LogP contribution in [0.25, 0.3) is 0 Å². The fraction of sp³-hybridized carbons (Fsp3) is 0.381. The monoisotopic (exact) mass is 359 g/mol. The minimum absolute atomic E-state index is 0.0585. The maximum absolute atomic E-state index is 12.6. The zero-order chi connectivity index (χ0) is 18.4. The molecule has 0 aliphatic rings. The number of aliphatic hydroxyl groups excluding tert-OH is 1. The second-order valence-corrected chi connectivity index (χ2v) is 7.15. The Morgan fingerprint density at radius 3 is 2.16 bits per heavy atom. The minimum Gasteiger partial charge on any atom is -0.387 e. The van der Waals surface area contributed by atoms with Crippen molar-refractivity contribution in [3.63, 3.8) is 0 Å². The van der Waals surface area contributed by atoms with Gasteiger partial charge in [-0.15, -0.1) is 0 Å². The van der Waals surface area contributed by atoms with Gasteiger partial charge in [-0.1, -0.05) is 67.9 Å². The molecule has 0 fully saturated rings. The van der Waals surface area contributed by atoms with Crippen molar-refractivity contribution in [1.29, 1.82) is 0 Å². The van der Waals surface area contributed by atoms with Crippen LogP contribution in [0.1, 0.15) is 43.9 Å². The van der Waals surface area contributed by atoms with Gasteiger partial charge in [0.05, 0.1) is 12.0 Å². The quantitative estimate of drug-likeness (QED) is 0.736. The normalized spacial score (nSPS) is 15.0. The first-order chi connectivity index (χ1) is 11.9. The molecule has 0 saturated carbocycles. The molecule has 0 radical (unpaired) electrons. The molecule has 4 heteroatoms. The van der Waals surface area contributed by atoms with Crippen LogP contribution in [0.5, 0.6) is 0 Å². The standard InChI is InChI=1S/C21H26ClNO2/c1-14(2)20(24)19(16-9-11-18(22)12-10-16)13-23-15(3)21(25)17-7-5-4-6-8-17/h4-12,14-15,19,21,23,25H,13H2,1-3H3/t15-,19?,21?/m1/s1. The SMILES string of the molecule is CC(C)C(=O)C(CN[C@H](C)C(O)c1ccccc1)c1ccc(Cl)cc1. The van der Waals surface area contributed by atoms with Crippen molar-refractivity contribution in [2.24, 2.45) is 5.92 Å². The second-order valence-electron chi connectivity index (χ2n) is 6.71. The van der Waals surface area contributed by atoms with E-state index < -0.39 is 6.10 Å². The lowest BCUT2D eigenvalue weighted by atomic mass is 9.88. The van der Waals surface area contributed by atoms with Gasteiger partial charge in [0.1, 0.15) is 5.78 Å². The first kappa shape index (κ1) is 19.6. The van der Waals surface area contributed by atoms with E-state index in [0.29, 0.717) is 11.6 Å². The number of halogens is 1. The van der Waals surface area contributed by atoms with Crippen molar-refractivity contribution in [3.05, 3.63) is 70.7 Å². The fourth-order valence-corrected chi connectivity index (χ4v) is 2.96. The summed E-state index contributed by atoms with van der Waals surface area (Å²) in [6.07, 6.45) is -0.624. The maximum atomic E-state index is 12.6. The first-order valence-corrected chi connectivity index (χ1v) is 9.03. The molecule has 0 heterocycles. The summed E-state index contributed by atoms with van der Waals surface area (Å²) in [5.74, 6) is -0.143. The summed E-state index contributed by atoms with van der Waals surface area (Å²) in [4.78, 5) is 12.6. The van der Waals surface area contributed by atoms with Crippen LogP contribution in [0.2, 0.25) is 5.02 Å². The van der Waals surface area contributed by atoms with Gasteiger partial charge in [0.25, 0.3) is 0 Å². The lowest BCUT2D eigenvalue weighted by Crippen LogP contribution is -2.38. The molecule has 2 unspecified atom stereocenters. The number of carbonyl (C=O) groups is 1. The highest BCUT2D eigenvalue weighted by molar-refractivity contribution is 6.30. The Labute approximate surface area is 155 Å². The molecular formula is C21H26ClNO2. The summed E-state index contributed by atoms with van der Waals surface area (Å²) >= 11 is 5.96. The number of benzene rings is 2. The molecule has 2 aromatic rings. The van der Waals surface area contributed by atoms with E-state index in [0.717, 1.165) is 11.1 Å². The predicted octanol–water partition coefficient (Wildman–Crippen LogP) is 4.36. The van der Waals surface area contributed by atoms with Gasteiger partial charge in [0, 0.05) is 23.5 Å². The van der Waals surface area contributed by atoms with E-state index >= 15 is 0 Å². The third-order valence-electron chi connectivity index (χ3n) is 4.44. The number of ketones is 1. The summed E-state index contributed by atoms with van der Waals surface area (Å²) in [5.41, 5.74) is 1.80. The van der Waals surface area contributed by atoms with Crippen LogP contribution in [0.4, 0.5) is 0 Å². The number of hydrogen-bond donors (Lipinski definition) is 2. The van der Waals surface area contributed by atoms with Gasteiger partial charge in [-0.3, -0.25) is 4.79 Å². The number of nitrogens with one attached hydrogen (secondary N) is 1. The fourth-order valence-electron chi connectivity index (χ4n) is 2.83. The largest absolute Gasteiger partial charge is 0.387 e. The average molecular weight is 360 g/mol. The molecule has 0 saturated heterocycles. The van der Waals surface area contributed by atoms with Gasteiger partial charge in [-0.25, -0.2) is 0 Å². The Kier molecular flexibility index (Phi) is 7.18. The molecule has 0 aromatic heterocycles. The molecule has 2 aromatic carbocycles. The number of rotatable bonds is 8. The highest BCUT2D eigenvalue weighted by atomic mass is 35.5. The summed E-state index contributed by atoms with van der Waals surface area (Å²) in [6.45, 7) is 6.22. The topological polar surface area (TPSA) is 49.3 Å². The van der Waals surface area contributed by atoms with Crippen LogP contribution in [0.3, 0.4) is 0 Å². The van der Waals surface area contributed by atoms with Crippen LogP contribution in [-0.4, -0.2) is 23.5 Å². The van der Waals surface area contributed by atoms with E-state index in [2.05, 4.69) is 5.32 Å². The molecule has 0 aliphatic carbocycles. The molecule has 0 aliphatic heterocycles. The molecule has 2 rings (SSSR count). The second kappa shape index (κ2) is 9.14. The van der Waals surface area contributed by atoms with E-state index in [1.54, 1.807) is 12.1 Å². The third-order valence-corrected chi connectivity index (χ3v) is 4.70. The van der Waals surface area contributed by atoms with Crippen LogP contribution < -0.4 is 5.32 Å². The lowest BCUT2D eigenvalue weighted by Gasteiger charge is -2.25. The molecule has 134 valence electrons. The summed E-state index contributed by atoms with van der Waals surface area (Å²) in [6, 6.07) is 16.8. The van der Waals surface area contributed by atoms with E-state index in [1.807, 2.05) is 63.2 Å². The van der Waals surface area contributed by atoms with Crippen LogP contribution in [0.15, 0.2) is 54.6 Å². The Balaban J connectivity index is 2.09. The third kappa shape index (κ3) is 5.40. The summed E-state index contributed by atoms with van der Waals surface area (Å²) < 4.78 is 0. The van der Waals surface area contributed by atoms with Crippen molar-refractivity contribution in [2.75, 3.05) is 6.54 Å². The minimum atomic E-state index is -0.624. The Bertz CT molecular complexity index is 670. The van der Waals surface area contributed by atoms with Gasteiger partial charge in [0.2, 0.25) is 0 Å². The van der Waals surface area contributed by atoms with E-state index in [1.165, 1.54) is 0 Å². The van der Waals surface area contributed by atoms with Gasteiger partial charge >= 0.3 is 0 Å². The molecule has 0 amide bonds. The van der Waals surface area contributed by atoms with Crippen molar-refractivity contribution in [2.45, 2.75) is 38.8 Å². The van der Waals surface area contributed by atoms with Crippen LogP contribution in [0, 0.1) is 5.92 Å². The van der Waals surface area contributed by atoms with Gasteiger partial charge in [-0.05, 0) is 30.2 Å². The molecule has 0 spiro atoms. The smallest absolute Gasteiger partial charge is 0.144 e. The highest BCUT2D eigenvalue weighted by Gasteiger charge is 2.25. The van der Waals surface area contributed by atoms with Crippen molar-refractivity contribution < 1.29 is 9.90 Å². The first-order valence-electron chi connectivity index (χ1n) is 8.65. The van der Waals surface area contributed by atoms with Crippen molar-refractivity contribution in [3.8, 4) is 0 Å². The molecule has 2 N–H and O–H groups in total. The van der Waals surface area contributed by atoms with Crippen LogP contribution >= 0.6 is 11.6 Å². The molecule has 0 bridgehead atoms. The number of Topliss-reactive ketones (excluding diaryl/α,β-unsaturated/α-hetero) is 1. The van der Waals surface area contributed by atoms with E-state index in [4.69, 9.17) is 11.6 Å². The van der Waals surface area contributed by atoms with Crippen LogP contribution in [-0.2, 0) is 4.79 Å². The number of hydrogen-bond acceptors (Lipinski definition) is 3.